The third kappa shape index (κ3) is 1.46. The van der Waals surface area contributed by atoms with Gasteiger partial charge in [0, 0.05) is 6.42 Å². The smallest absolute Gasteiger partial charge is 0.408 e. The van der Waals surface area contributed by atoms with E-state index in [1.54, 1.807) is 0 Å². The molecule has 88 valence electrons. The fourth-order valence-electron chi connectivity index (χ4n) is 2.31. The predicted molar refractivity (Wildman–Crippen MR) is 57.2 cm³/mol. The number of carbonyl (C=O) groups excluding carboxylic acids is 2. The van der Waals surface area contributed by atoms with Crippen LogP contribution in [0, 0.1) is 0 Å². The van der Waals surface area contributed by atoms with Gasteiger partial charge in [-0.05, 0) is 5.56 Å². The molecule has 0 aromatic heterocycles. The zero-order valence-electron chi connectivity index (χ0n) is 9.01. The van der Waals surface area contributed by atoms with Crippen molar-refractivity contribution in [3.63, 3.8) is 0 Å². The number of cyclic esters (lactones) is 1. The molecule has 5 nitrogen and oxygen atoms in total. The van der Waals surface area contributed by atoms with Crippen LogP contribution in [0.3, 0.4) is 0 Å². The highest BCUT2D eigenvalue weighted by Crippen LogP contribution is 2.32. The molecule has 1 amide bonds. The highest BCUT2D eigenvalue weighted by atomic mass is 16.6. The van der Waals surface area contributed by atoms with Crippen LogP contribution in [0.4, 0.5) is 4.79 Å². The standard InChI is InChI=1S/C12H11NO4/c14-10-12(6-8-4-2-1-3-5-8)9(7-16-10)17-11(15)13-12/h1-5,9H,6-7H2,(H,13,15)/t9-,12-/m0/s1. The monoisotopic (exact) mass is 233 g/mol. The van der Waals surface area contributed by atoms with Gasteiger partial charge in [-0.15, -0.1) is 0 Å². The molecule has 0 aliphatic carbocycles. The number of esters is 1. The molecular formula is C12H11NO4. The van der Waals surface area contributed by atoms with E-state index in [1.165, 1.54) is 0 Å². The van der Waals surface area contributed by atoms with Crippen molar-refractivity contribution in [2.45, 2.75) is 18.1 Å². The molecule has 2 heterocycles. The molecule has 17 heavy (non-hydrogen) atoms. The van der Waals surface area contributed by atoms with Crippen LogP contribution in [-0.2, 0) is 20.7 Å². The molecule has 3 rings (SSSR count). The third-order valence-electron chi connectivity index (χ3n) is 3.18. The van der Waals surface area contributed by atoms with Gasteiger partial charge in [0.1, 0.15) is 6.61 Å². The van der Waals surface area contributed by atoms with Crippen molar-refractivity contribution in [2.24, 2.45) is 0 Å². The molecule has 1 N–H and O–H groups in total. The van der Waals surface area contributed by atoms with Gasteiger partial charge in [0.05, 0.1) is 0 Å². The largest absolute Gasteiger partial charge is 0.460 e. The topological polar surface area (TPSA) is 64.6 Å². The first-order chi connectivity index (χ1) is 8.21. The van der Waals surface area contributed by atoms with E-state index < -0.39 is 23.7 Å². The van der Waals surface area contributed by atoms with Gasteiger partial charge in [0.15, 0.2) is 11.6 Å². The highest BCUT2D eigenvalue weighted by molar-refractivity contribution is 5.91. The number of nitrogens with one attached hydrogen (secondary N) is 1. The number of rotatable bonds is 2. The van der Waals surface area contributed by atoms with E-state index in [9.17, 15) is 9.59 Å². The Bertz CT molecular complexity index is 473. The summed E-state index contributed by atoms with van der Waals surface area (Å²) < 4.78 is 10.0. The average Bonchev–Trinajstić information content (AvgIpc) is 2.77. The van der Waals surface area contributed by atoms with Crippen molar-refractivity contribution in [1.82, 2.24) is 5.32 Å². The summed E-state index contributed by atoms with van der Waals surface area (Å²) in [5.41, 5.74) is -0.0829. The van der Waals surface area contributed by atoms with Crippen molar-refractivity contribution < 1.29 is 19.1 Å². The maximum Gasteiger partial charge on any atom is 0.408 e. The van der Waals surface area contributed by atoms with Crippen molar-refractivity contribution in [1.29, 1.82) is 0 Å². The number of carbonyl (C=O) groups is 2. The lowest BCUT2D eigenvalue weighted by Gasteiger charge is -2.21. The van der Waals surface area contributed by atoms with E-state index >= 15 is 0 Å². The molecule has 2 fully saturated rings. The van der Waals surface area contributed by atoms with Crippen LogP contribution in [0.2, 0.25) is 0 Å². The molecule has 0 spiro atoms. The molecule has 2 saturated heterocycles. The quantitative estimate of drug-likeness (QED) is 0.761. The lowest BCUT2D eigenvalue weighted by molar-refractivity contribution is -0.143. The number of alkyl carbamates (subject to hydrolysis) is 1. The van der Waals surface area contributed by atoms with Crippen molar-refractivity contribution in [3.05, 3.63) is 35.9 Å². The van der Waals surface area contributed by atoms with Crippen molar-refractivity contribution in [3.8, 4) is 0 Å². The molecule has 0 unspecified atom stereocenters. The van der Waals surface area contributed by atoms with E-state index in [0.29, 0.717) is 6.42 Å². The number of benzene rings is 1. The number of hydrogen-bond donors (Lipinski definition) is 1. The maximum atomic E-state index is 11.8. The van der Waals surface area contributed by atoms with Crippen LogP contribution in [0.25, 0.3) is 0 Å². The van der Waals surface area contributed by atoms with Gasteiger partial charge >= 0.3 is 12.1 Å². The van der Waals surface area contributed by atoms with Crippen molar-refractivity contribution >= 4 is 12.1 Å². The summed E-state index contributed by atoms with van der Waals surface area (Å²) in [5.74, 6) is -0.419. The second-order valence-corrected chi connectivity index (χ2v) is 4.25. The molecule has 2 aliphatic heterocycles. The Kier molecular flexibility index (Phi) is 2.07. The molecule has 0 radical (unpaired) electrons. The summed E-state index contributed by atoms with van der Waals surface area (Å²) in [6, 6.07) is 9.48. The molecule has 0 bridgehead atoms. The lowest BCUT2D eigenvalue weighted by Crippen LogP contribution is -2.53. The van der Waals surface area contributed by atoms with Gasteiger partial charge in [0.25, 0.3) is 0 Å². The summed E-state index contributed by atoms with van der Waals surface area (Å²) in [4.78, 5) is 23.1. The Morgan fingerprint density at radius 3 is 2.82 bits per heavy atom. The number of ether oxygens (including phenoxy) is 2. The minimum absolute atomic E-state index is 0.129. The average molecular weight is 233 g/mol. The normalized spacial score (nSPS) is 30.5. The first kappa shape index (κ1) is 10.1. The predicted octanol–water partition coefficient (Wildman–Crippen LogP) is 0.633. The van der Waals surface area contributed by atoms with Crippen LogP contribution in [0.5, 0.6) is 0 Å². The van der Waals surface area contributed by atoms with Gasteiger partial charge in [-0.3, -0.25) is 0 Å². The maximum absolute atomic E-state index is 11.8. The Morgan fingerprint density at radius 1 is 1.29 bits per heavy atom. The Hall–Kier alpha value is -2.04. The van der Waals surface area contributed by atoms with Crippen LogP contribution < -0.4 is 5.32 Å². The van der Waals surface area contributed by atoms with E-state index in [4.69, 9.17) is 9.47 Å². The number of fused-ring (bicyclic) bond motifs is 1. The molecule has 1 aromatic rings. The Labute approximate surface area is 97.7 Å². The third-order valence-corrected chi connectivity index (χ3v) is 3.18. The molecule has 1 aromatic carbocycles. The Morgan fingerprint density at radius 2 is 2.06 bits per heavy atom. The van der Waals surface area contributed by atoms with E-state index in [2.05, 4.69) is 5.32 Å². The van der Waals surface area contributed by atoms with Gasteiger partial charge in [-0.25, -0.2) is 9.59 Å². The Balaban J connectivity index is 1.93. The molecule has 2 aliphatic rings. The van der Waals surface area contributed by atoms with Crippen LogP contribution in [0.1, 0.15) is 5.56 Å². The summed E-state index contributed by atoms with van der Waals surface area (Å²) in [5, 5.41) is 2.59. The van der Waals surface area contributed by atoms with E-state index in [0.717, 1.165) is 5.56 Å². The lowest BCUT2D eigenvalue weighted by atomic mass is 9.88. The number of amides is 1. The second kappa shape index (κ2) is 3.48. The second-order valence-electron chi connectivity index (χ2n) is 4.25. The minimum atomic E-state index is -1.04. The fourth-order valence-corrected chi connectivity index (χ4v) is 2.31. The van der Waals surface area contributed by atoms with Crippen LogP contribution in [0.15, 0.2) is 30.3 Å². The first-order valence-corrected chi connectivity index (χ1v) is 5.41. The highest BCUT2D eigenvalue weighted by Gasteiger charge is 2.60. The van der Waals surface area contributed by atoms with Gasteiger partial charge in [-0.2, -0.15) is 0 Å². The molecular weight excluding hydrogens is 222 g/mol. The van der Waals surface area contributed by atoms with Crippen LogP contribution >= 0.6 is 0 Å². The summed E-state index contributed by atoms with van der Waals surface area (Å²) in [7, 11) is 0. The SMILES string of the molecule is O=C1N[C@]2(Cc3ccccc3)C(=O)OC[C@@H]2O1. The van der Waals surface area contributed by atoms with E-state index in [-0.39, 0.29) is 6.61 Å². The van der Waals surface area contributed by atoms with Gasteiger partial charge in [-0.1, -0.05) is 30.3 Å². The first-order valence-electron chi connectivity index (χ1n) is 5.41. The molecule has 5 heteroatoms. The zero-order valence-corrected chi connectivity index (χ0v) is 9.01. The summed E-state index contributed by atoms with van der Waals surface area (Å²) >= 11 is 0. The zero-order chi connectivity index (χ0) is 11.9. The van der Waals surface area contributed by atoms with E-state index in [1.807, 2.05) is 30.3 Å². The van der Waals surface area contributed by atoms with Gasteiger partial charge in [0.2, 0.25) is 0 Å². The van der Waals surface area contributed by atoms with Crippen LogP contribution in [-0.4, -0.2) is 30.3 Å². The van der Waals surface area contributed by atoms with Crippen molar-refractivity contribution in [2.75, 3.05) is 6.61 Å². The molecule has 0 saturated carbocycles. The minimum Gasteiger partial charge on any atom is -0.460 e. The number of hydrogen-bond acceptors (Lipinski definition) is 4. The summed E-state index contributed by atoms with van der Waals surface area (Å²) in [6.07, 6.45) is -0.686. The van der Waals surface area contributed by atoms with Gasteiger partial charge < -0.3 is 14.8 Å². The fraction of sp³-hybridized carbons (Fsp3) is 0.333. The molecule has 2 atom stereocenters. The summed E-state index contributed by atoms with van der Waals surface area (Å²) in [6.45, 7) is 0.129.